The molecule has 0 saturated carbocycles. The van der Waals surface area contributed by atoms with E-state index in [1.54, 1.807) is 17.5 Å². The number of rotatable bonds is 2. The summed E-state index contributed by atoms with van der Waals surface area (Å²) in [5, 5.41) is 3.08. The van der Waals surface area contributed by atoms with Crippen LogP contribution in [0, 0.1) is 6.92 Å². The molecule has 0 unspecified atom stereocenters. The first-order chi connectivity index (χ1) is 8.72. The zero-order valence-corrected chi connectivity index (χ0v) is 11.0. The van der Waals surface area contributed by atoms with Crippen molar-refractivity contribution in [3.63, 3.8) is 0 Å². The van der Waals surface area contributed by atoms with Crippen molar-refractivity contribution in [2.24, 2.45) is 0 Å². The smallest absolute Gasteiger partial charge is 0.166 e. The van der Waals surface area contributed by atoms with Crippen molar-refractivity contribution in [3.05, 3.63) is 39.4 Å². The topological polar surface area (TPSA) is 55.7 Å². The van der Waals surface area contributed by atoms with Crippen molar-refractivity contribution in [1.82, 2.24) is 15.0 Å². The molecule has 0 aliphatic heterocycles. The Bertz CT molecular complexity index is 606. The van der Waals surface area contributed by atoms with Crippen LogP contribution in [0.15, 0.2) is 11.6 Å². The molecule has 1 aliphatic rings. The second-order valence-electron chi connectivity index (χ2n) is 4.46. The van der Waals surface area contributed by atoms with Gasteiger partial charge in [-0.15, -0.1) is 11.3 Å². The molecule has 3 rings (SSSR count). The zero-order chi connectivity index (χ0) is 12.5. The SMILES string of the molecule is Cc1nc(Cc2ncc3c(n2)CCCC3=O)cs1. The summed E-state index contributed by atoms with van der Waals surface area (Å²) < 4.78 is 0. The van der Waals surface area contributed by atoms with Crippen molar-refractivity contribution < 1.29 is 4.79 Å². The van der Waals surface area contributed by atoms with E-state index in [0.717, 1.165) is 35.1 Å². The van der Waals surface area contributed by atoms with Gasteiger partial charge >= 0.3 is 0 Å². The van der Waals surface area contributed by atoms with Crippen LogP contribution in [0.2, 0.25) is 0 Å². The molecule has 18 heavy (non-hydrogen) atoms. The van der Waals surface area contributed by atoms with Gasteiger partial charge in [0.1, 0.15) is 5.82 Å². The van der Waals surface area contributed by atoms with E-state index in [4.69, 9.17) is 0 Å². The number of aryl methyl sites for hydroxylation is 2. The fourth-order valence-electron chi connectivity index (χ4n) is 2.17. The maximum absolute atomic E-state index is 11.7. The number of carbonyl (C=O) groups excluding carboxylic acids is 1. The van der Waals surface area contributed by atoms with Crippen molar-refractivity contribution >= 4 is 17.1 Å². The minimum Gasteiger partial charge on any atom is -0.294 e. The molecule has 0 spiro atoms. The predicted octanol–water partition coefficient (Wildman–Crippen LogP) is 2.35. The Hall–Kier alpha value is -1.62. The van der Waals surface area contributed by atoms with E-state index in [-0.39, 0.29) is 5.78 Å². The second-order valence-corrected chi connectivity index (χ2v) is 5.52. The summed E-state index contributed by atoms with van der Waals surface area (Å²) in [6.07, 6.45) is 4.73. The first-order valence-electron chi connectivity index (χ1n) is 6.01. The van der Waals surface area contributed by atoms with E-state index in [0.29, 0.717) is 18.4 Å². The highest BCUT2D eigenvalue weighted by Crippen LogP contribution is 2.19. The van der Waals surface area contributed by atoms with Crippen LogP contribution >= 0.6 is 11.3 Å². The lowest BCUT2D eigenvalue weighted by molar-refractivity contribution is 0.0971. The van der Waals surface area contributed by atoms with Gasteiger partial charge < -0.3 is 0 Å². The van der Waals surface area contributed by atoms with Gasteiger partial charge in [0.05, 0.1) is 28.4 Å². The van der Waals surface area contributed by atoms with Gasteiger partial charge in [0.2, 0.25) is 0 Å². The largest absolute Gasteiger partial charge is 0.294 e. The molecular weight excluding hydrogens is 246 g/mol. The molecule has 92 valence electrons. The van der Waals surface area contributed by atoms with Crippen molar-refractivity contribution in [1.29, 1.82) is 0 Å². The fourth-order valence-corrected chi connectivity index (χ4v) is 2.78. The number of fused-ring (bicyclic) bond motifs is 1. The van der Waals surface area contributed by atoms with Crippen LogP contribution in [-0.2, 0) is 12.8 Å². The van der Waals surface area contributed by atoms with Gasteiger partial charge in [0.15, 0.2) is 5.78 Å². The molecular formula is C13H13N3OS. The Kier molecular flexibility index (Phi) is 2.91. The monoisotopic (exact) mass is 259 g/mol. The summed E-state index contributed by atoms with van der Waals surface area (Å²) in [5.41, 5.74) is 2.61. The van der Waals surface area contributed by atoms with Gasteiger partial charge in [0, 0.05) is 18.0 Å². The molecule has 0 saturated heterocycles. The summed E-state index contributed by atoms with van der Waals surface area (Å²) in [7, 11) is 0. The molecule has 0 N–H and O–H groups in total. The summed E-state index contributed by atoms with van der Waals surface area (Å²) in [5.74, 6) is 0.932. The van der Waals surface area contributed by atoms with Gasteiger partial charge in [-0.2, -0.15) is 0 Å². The number of ketones is 1. The highest BCUT2D eigenvalue weighted by molar-refractivity contribution is 7.09. The molecule has 2 heterocycles. The average molecular weight is 259 g/mol. The molecule has 0 aromatic carbocycles. The second kappa shape index (κ2) is 4.57. The van der Waals surface area contributed by atoms with E-state index in [1.807, 2.05) is 12.3 Å². The maximum atomic E-state index is 11.7. The van der Waals surface area contributed by atoms with Crippen LogP contribution in [0.3, 0.4) is 0 Å². The van der Waals surface area contributed by atoms with E-state index in [2.05, 4.69) is 15.0 Å². The number of carbonyl (C=O) groups is 1. The number of hydrogen-bond acceptors (Lipinski definition) is 5. The Labute approximate surface area is 109 Å². The van der Waals surface area contributed by atoms with Crippen molar-refractivity contribution in [2.75, 3.05) is 0 Å². The van der Waals surface area contributed by atoms with Crippen molar-refractivity contribution in [2.45, 2.75) is 32.6 Å². The summed E-state index contributed by atoms with van der Waals surface area (Å²) in [6.45, 7) is 1.99. The molecule has 0 radical (unpaired) electrons. The Morgan fingerprint density at radius 1 is 1.33 bits per heavy atom. The summed E-state index contributed by atoms with van der Waals surface area (Å²) >= 11 is 1.63. The highest BCUT2D eigenvalue weighted by Gasteiger charge is 2.19. The standard InChI is InChI=1S/C13H13N3OS/c1-8-15-9(7-18-8)5-13-14-6-10-11(16-13)3-2-4-12(10)17/h6-7H,2-5H2,1H3. The van der Waals surface area contributed by atoms with Crippen LogP contribution in [-0.4, -0.2) is 20.7 Å². The minimum atomic E-state index is 0.173. The van der Waals surface area contributed by atoms with E-state index >= 15 is 0 Å². The van der Waals surface area contributed by atoms with E-state index in [1.165, 1.54) is 0 Å². The van der Waals surface area contributed by atoms with E-state index in [9.17, 15) is 4.79 Å². The first-order valence-corrected chi connectivity index (χ1v) is 6.89. The number of aromatic nitrogens is 3. The summed E-state index contributed by atoms with van der Waals surface area (Å²) in [6, 6.07) is 0. The lowest BCUT2D eigenvalue weighted by Gasteiger charge is -2.13. The van der Waals surface area contributed by atoms with Crippen molar-refractivity contribution in [3.8, 4) is 0 Å². The summed E-state index contributed by atoms with van der Waals surface area (Å²) in [4.78, 5) is 24.9. The average Bonchev–Trinajstić information content (AvgIpc) is 2.75. The molecule has 2 aromatic rings. The van der Waals surface area contributed by atoms with Crippen LogP contribution in [0.5, 0.6) is 0 Å². The van der Waals surface area contributed by atoms with Gasteiger partial charge in [-0.25, -0.2) is 15.0 Å². The first kappa shape index (κ1) is 11.5. The molecule has 0 bridgehead atoms. The number of Topliss-reactive ketones (excluding diaryl/α,β-unsaturated/α-hetero) is 1. The van der Waals surface area contributed by atoms with Crippen LogP contribution < -0.4 is 0 Å². The van der Waals surface area contributed by atoms with Crippen LogP contribution in [0.4, 0.5) is 0 Å². The Morgan fingerprint density at radius 3 is 3.00 bits per heavy atom. The number of thiazole rings is 1. The minimum absolute atomic E-state index is 0.173. The molecule has 5 heteroatoms. The van der Waals surface area contributed by atoms with Gasteiger partial charge in [-0.1, -0.05) is 0 Å². The van der Waals surface area contributed by atoms with Gasteiger partial charge in [0.25, 0.3) is 0 Å². The van der Waals surface area contributed by atoms with Gasteiger partial charge in [-0.3, -0.25) is 4.79 Å². The Morgan fingerprint density at radius 2 is 2.22 bits per heavy atom. The number of hydrogen-bond donors (Lipinski definition) is 0. The predicted molar refractivity (Wildman–Crippen MR) is 69.0 cm³/mol. The lowest BCUT2D eigenvalue weighted by Crippen LogP contribution is -2.15. The molecule has 0 atom stereocenters. The van der Waals surface area contributed by atoms with E-state index < -0.39 is 0 Å². The maximum Gasteiger partial charge on any atom is 0.166 e. The van der Waals surface area contributed by atoms with Crippen LogP contribution in [0.25, 0.3) is 0 Å². The molecule has 2 aromatic heterocycles. The zero-order valence-electron chi connectivity index (χ0n) is 10.1. The quantitative estimate of drug-likeness (QED) is 0.830. The third kappa shape index (κ3) is 2.18. The third-order valence-corrected chi connectivity index (χ3v) is 3.86. The van der Waals surface area contributed by atoms with Gasteiger partial charge in [-0.05, 0) is 19.8 Å². The molecule has 0 fully saturated rings. The fraction of sp³-hybridized carbons (Fsp3) is 0.385. The Balaban J connectivity index is 1.88. The molecule has 4 nitrogen and oxygen atoms in total. The third-order valence-electron chi connectivity index (χ3n) is 3.04. The lowest BCUT2D eigenvalue weighted by atomic mass is 9.96. The molecule has 0 amide bonds. The highest BCUT2D eigenvalue weighted by atomic mass is 32.1. The normalized spacial score (nSPS) is 14.6. The number of nitrogens with zero attached hydrogens (tertiary/aromatic N) is 3. The molecule has 1 aliphatic carbocycles. The van der Waals surface area contributed by atoms with Crippen LogP contribution in [0.1, 0.15) is 45.4 Å².